The zero-order chi connectivity index (χ0) is 20.3. The molecule has 9 nitrogen and oxygen atoms in total. The summed E-state index contributed by atoms with van der Waals surface area (Å²) >= 11 is 0. The maximum atomic E-state index is 12.1. The predicted octanol–water partition coefficient (Wildman–Crippen LogP) is -0.321. The largest absolute Gasteiger partial charge is 0.507 e. The number of amides is 1. The van der Waals surface area contributed by atoms with Crippen LogP contribution in [0.15, 0.2) is 12.1 Å². The number of aromatic hydroxyl groups is 1. The van der Waals surface area contributed by atoms with E-state index < -0.39 is 31.0 Å². The molecule has 1 aromatic rings. The van der Waals surface area contributed by atoms with Gasteiger partial charge in [0.2, 0.25) is 5.91 Å². The van der Waals surface area contributed by atoms with Crippen LogP contribution in [0, 0.1) is 5.92 Å². The monoisotopic (exact) mass is 380 g/mol. The first-order valence-corrected chi connectivity index (χ1v) is 8.77. The Kier molecular flexibility index (Phi) is 6.69. The number of carboxylic acids is 1. The van der Waals surface area contributed by atoms with E-state index in [4.69, 9.17) is 20.5 Å². The number of carbonyl (C=O) groups is 2. The topological polar surface area (TPSA) is 154 Å². The van der Waals surface area contributed by atoms with Crippen LogP contribution in [-0.2, 0) is 11.2 Å². The van der Waals surface area contributed by atoms with E-state index in [1.54, 1.807) is 4.90 Å². The fraction of sp³-hybridized carbons (Fsp3) is 0.529. The first-order valence-electron chi connectivity index (χ1n) is 8.77. The molecule has 1 aromatic carbocycles. The van der Waals surface area contributed by atoms with Gasteiger partial charge in [-0.2, -0.15) is 0 Å². The van der Waals surface area contributed by atoms with Crippen molar-refractivity contribution in [2.75, 3.05) is 13.1 Å². The SMILES string of the molecule is CC(C)[C@@H](N)C(=O)N1CC(Oc2ccc(CCB(O)O)c(O)c2C(=O)O)C1. The lowest BCUT2D eigenvalue weighted by atomic mass is 9.82. The number of hydrogen-bond acceptors (Lipinski definition) is 7. The average molecular weight is 380 g/mol. The number of nitrogens with two attached hydrogens (primary N) is 1. The van der Waals surface area contributed by atoms with Gasteiger partial charge in [0.05, 0.1) is 19.1 Å². The lowest BCUT2D eigenvalue weighted by Crippen LogP contribution is -2.60. The molecule has 0 aliphatic carbocycles. The molecule has 148 valence electrons. The van der Waals surface area contributed by atoms with E-state index in [-0.39, 0.29) is 54.5 Å². The summed E-state index contributed by atoms with van der Waals surface area (Å²) in [5.74, 6) is -1.99. The Hall–Kier alpha value is -2.30. The predicted molar refractivity (Wildman–Crippen MR) is 97.6 cm³/mol. The number of phenols is 1. The molecule has 10 heteroatoms. The fourth-order valence-corrected chi connectivity index (χ4v) is 2.78. The molecule has 1 aliphatic heterocycles. The van der Waals surface area contributed by atoms with Gasteiger partial charge in [0, 0.05) is 0 Å². The van der Waals surface area contributed by atoms with Gasteiger partial charge in [-0.3, -0.25) is 4.79 Å². The highest BCUT2D eigenvalue weighted by molar-refractivity contribution is 6.41. The van der Waals surface area contributed by atoms with Crippen molar-refractivity contribution in [3.63, 3.8) is 0 Å². The van der Waals surface area contributed by atoms with Gasteiger partial charge in [-0.1, -0.05) is 19.9 Å². The molecule has 1 amide bonds. The first kappa shape index (κ1) is 21.0. The maximum Gasteiger partial charge on any atom is 0.451 e. The van der Waals surface area contributed by atoms with Crippen LogP contribution in [-0.4, -0.2) is 69.4 Å². The van der Waals surface area contributed by atoms with Crippen molar-refractivity contribution in [2.45, 2.75) is 38.7 Å². The average Bonchev–Trinajstić information content (AvgIpc) is 2.54. The second-order valence-electron chi connectivity index (χ2n) is 7.02. The summed E-state index contributed by atoms with van der Waals surface area (Å²) in [4.78, 5) is 25.2. The molecule has 1 aliphatic rings. The number of hydrogen-bond donors (Lipinski definition) is 5. The normalized spacial score (nSPS) is 15.4. The van der Waals surface area contributed by atoms with Gasteiger partial charge in [0.15, 0.2) is 0 Å². The van der Waals surface area contributed by atoms with Crippen LogP contribution in [0.5, 0.6) is 11.5 Å². The summed E-state index contributed by atoms with van der Waals surface area (Å²) in [6, 6.07) is 2.31. The van der Waals surface area contributed by atoms with Crippen LogP contribution >= 0.6 is 0 Å². The molecule has 27 heavy (non-hydrogen) atoms. The van der Waals surface area contributed by atoms with Crippen LogP contribution in [0.4, 0.5) is 0 Å². The summed E-state index contributed by atoms with van der Waals surface area (Å²) in [6.07, 6.45) is -0.332. The zero-order valence-corrected chi connectivity index (χ0v) is 15.3. The van der Waals surface area contributed by atoms with E-state index >= 15 is 0 Å². The fourth-order valence-electron chi connectivity index (χ4n) is 2.78. The highest BCUT2D eigenvalue weighted by atomic mass is 16.5. The molecule has 0 spiro atoms. The molecule has 6 N–H and O–H groups in total. The van der Waals surface area contributed by atoms with Gasteiger partial charge in [-0.15, -0.1) is 0 Å². The lowest BCUT2D eigenvalue weighted by molar-refractivity contribution is -0.142. The van der Waals surface area contributed by atoms with Crippen molar-refractivity contribution in [3.05, 3.63) is 23.3 Å². The van der Waals surface area contributed by atoms with Gasteiger partial charge < -0.3 is 35.6 Å². The zero-order valence-electron chi connectivity index (χ0n) is 15.3. The highest BCUT2D eigenvalue weighted by Gasteiger charge is 2.36. The van der Waals surface area contributed by atoms with Crippen molar-refractivity contribution in [1.29, 1.82) is 0 Å². The summed E-state index contributed by atoms with van der Waals surface area (Å²) < 4.78 is 5.65. The van der Waals surface area contributed by atoms with Gasteiger partial charge in [-0.25, -0.2) is 4.79 Å². The Bertz CT molecular complexity index is 705. The number of aromatic carboxylic acids is 1. The number of carboxylic acid groups (broad SMARTS) is 1. The summed E-state index contributed by atoms with van der Waals surface area (Å²) in [5.41, 5.74) is 5.73. The second kappa shape index (κ2) is 8.60. The molecule has 0 saturated carbocycles. The molecular formula is C17H25BN2O7. The van der Waals surface area contributed by atoms with E-state index in [9.17, 15) is 19.8 Å². The van der Waals surface area contributed by atoms with Crippen molar-refractivity contribution < 1.29 is 34.6 Å². The quantitative estimate of drug-likeness (QED) is 0.385. The van der Waals surface area contributed by atoms with Crippen LogP contribution in [0.3, 0.4) is 0 Å². The summed E-state index contributed by atoms with van der Waals surface area (Å²) in [5, 5.41) is 37.5. The molecule has 1 atom stereocenters. The second-order valence-corrected chi connectivity index (χ2v) is 7.02. The maximum absolute atomic E-state index is 12.1. The van der Waals surface area contributed by atoms with Crippen LogP contribution < -0.4 is 10.5 Å². The van der Waals surface area contributed by atoms with E-state index in [2.05, 4.69) is 0 Å². The third-order valence-electron chi connectivity index (χ3n) is 4.57. The van der Waals surface area contributed by atoms with Crippen molar-refractivity contribution in [3.8, 4) is 11.5 Å². The minimum atomic E-state index is -1.55. The van der Waals surface area contributed by atoms with Crippen LogP contribution in [0.25, 0.3) is 0 Å². The molecule has 1 fully saturated rings. The summed E-state index contributed by atoms with van der Waals surface area (Å²) in [6.45, 7) is 4.29. The van der Waals surface area contributed by atoms with Gasteiger partial charge in [0.25, 0.3) is 0 Å². The molecular weight excluding hydrogens is 355 g/mol. The standard InChI is InChI=1S/C17H25BN2O7/c1-9(2)14(19)16(22)20-7-11(8-20)27-12-4-3-10(5-6-18(25)26)15(21)13(12)17(23)24/h3-4,9,11,14,21,25-26H,5-8,19H2,1-2H3,(H,23,24)/t14-/m1/s1. The molecule has 2 rings (SSSR count). The Morgan fingerprint density at radius 1 is 1.33 bits per heavy atom. The van der Waals surface area contributed by atoms with Gasteiger partial charge in [-0.05, 0) is 30.3 Å². The van der Waals surface area contributed by atoms with E-state index in [0.717, 1.165) is 0 Å². The first-order chi connectivity index (χ1) is 12.6. The number of likely N-dealkylation sites (tertiary alicyclic amines) is 1. The third kappa shape index (κ3) is 4.91. The molecule has 0 bridgehead atoms. The molecule has 0 radical (unpaired) electrons. The smallest absolute Gasteiger partial charge is 0.451 e. The van der Waals surface area contributed by atoms with E-state index in [1.165, 1.54) is 12.1 Å². The Labute approximate surface area is 157 Å². The van der Waals surface area contributed by atoms with Gasteiger partial charge in [0.1, 0.15) is 23.2 Å². The number of rotatable bonds is 8. The molecule has 1 saturated heterocycles. The number of aryl methyl sites for hydroxylation is 1. The number of benzene rings is 1. The Morgan fingerprint density at radius 3 is 2.48 bits per heavy atom. The van der Waals surface area contributed by atoms with E-state index in [1.807, 2.05) is 13.8 Å². The Balaban J connectivity index is 2.06. The molecule has 0 unspecified atom stereocenters. The minimum absolute atomic E-state index is 0.00134. The number of carbonyl (C=O) groups excluding carboxylic acids is 1. The van der Waals surface area contributed by atoms with Crippen molar-refractivity contribution in [1.82, 2.24) is 4.90 Å². The Morgan fingerprint density at radius 2 is 1.96 bits per heavy atom. The van der Waals surface area contributed by atoms with Crippen LogP contribution in [0.1, 0.15) is 29.8 Å². The lowest BCUT2D eigenvalue weighted by Gasteiger charge is -2.40. The van der Waals surface area contributed by atoms with E-state index in [0.29, 0.717) is 0 Å². The van der Waals surface area contributed by atoms with Crippen LogP contribution in [0.2, 0.25) is 6.32 Å². The van der Waals surface area contributed by atoms with Crippen molar-refractivity contribution >= 4 is 19.0 Å². The number of nitrogens with zero attached hydrogens (tertiary/aromatic N) is 1. The van der Waals surface area contributed by atoms with Crippen molar-refractivity contribution in [2.24, 2.45) is 11.7 Å². The molecule has 1 heterocycles. The summed E-state index contributed by atoms with van der Waals surface area (Å²) in [7, 11) is -1.55. The number of ether oxygens (including phenoxy) is 1. The third-order valence-corrected chi connectivity index (χ3v) is 4.57. The van der Waals surface area contributed by atoms with Gasteiger partial charge >= 0.3 is 13.1 Å². The minimum Gasteiger partial charge on any atom is -0.507 e. The molecule has 0 aromatic heterocycles. The highest BCUT2D eigenvalue weighted by Crippen LogP contribution is 2.34.